The Morgan fingerprint density at radius 1 is 1.26 bits per heavy atom. The van der Waals surface area contributed by atoms with Gasteiger partial charge in [-0.15, -0.1) is 0 Å². The average molecular weight is 333 g/mol. The van der Waals surface area contributed by atoms with Crippen LogP contribution in [0.5, 0.6) is 0 Å². The third kappa shape index (κ3) is 2.85. The first-order chi connectivity index (χ1) is 11.0. The second-order valence-electron chi connectivity index (χ2n) is 5.32. The first kappa shape index (κ1) is 15.3. The van der Waals surface area contributed by atoms with Crippen molar-refractivity contribution in [2.75, 3.05) is 0 Å². The number of aromatic nitrogens is 1. The van der Waals surface area contributed by atoms with Crippen molar-refractivity contribution in [2.24, 2.45) is 0 Å². The molecule has 0 fully saturated rings. The number of hydrogen-bond acceptors (Lipinski definition) is 3. The molecule has 0 saturated carbocycles. The maximum atomic E-state index is 12.7. The van der Waals surface area contributed by atoms with Gasteiger partial charge < -0.3 is 15.0 Å². The predicted molar refractivity (Wildman–Crippen MR) is 83.5 cm³/mol. The normalized spacial score (nSPS) is 16.7. The van der Waals surface area contributed by atoms with Gasteiger partial charge in [-0.25, -0.2) is 4.79 Å². The van der Waals surface area contributed by atoms with Gasteiger partial charge in [-0.2, -0.15) is 0 Å². The number of carbonyl (C=O) groups is 2. The summed E-state index contributed by atoms with van der Waals surface area (Å²) in [6.07, 6.45) is 1.48. The zero-order chi connectivity index (χ0) is 16.6. The van der Waals surface area contributed by atoms with Crippen LogP contribution < -0.4 is 5.56 Å². The largest absolute Gasteiger partial charge is 0.480 e. The maximum Gasteiger partial charge on any atom is 0.326 e. The molecule has 3 rings (SSSR count). The van der Waals surface area contributed by atoms with E-state index in [1.807, 2.05) is 24.3 Å². The van der Waals surface area contributed by atoms with Crippen LogP contribution in [-0.2, 0) is 17.8 Å². The number of carbonyl (C=O) groups excluding carboxylic acids is 1. The standard InChI is InChI=1S/C16H13ClN2O4/c17-11-6-12(14(20)18-7-11)15(21)19-8-10-4-2-1-3-9(10)5-13(19)16(22)23/h1-4,6-7,13H,5,8H2,(H,18,20)(H,22,23)/t13-/m0/s1. The maximum absolute atomic E-state index is 12.7. The Kier molecular flexibility index (Phi) is 3.92. The molecule has 2 heterocycles. The molecule has 1 aromatic carbocycles. The summed E-state index contributed by atoms with van der Waals surface area (Å²) in [6.45, 7) is 0.137. The van der Waals surface area contributed by atoms with Crippen LogP contribution >= 0.6 is 11.6 Å². The number of aliphatic carboxylic acids is 1. The van der Waals surface area contributed by atoms with Crippen LogP contribution in [0.3, 0.4) is 0 Å². The van der Waals surface area contributed by atoms with Crippen LogP contribution in [0.1, 0.15) is 21.5 Å². The zero-order valence-corrected chi connectivity index (χ0v) is 12.7. The second-order valence-corrected chi connectivity index (χ2v) is 5.76. The SMILES string of the molecule is O=C(O)[C@@H]1Cc2ccccc2CN1C(=O)c1cc(Cl)c[nH]c1=O. The molecule has 1 atom stereocenters. The lowest BCUT2D eigenvalue weighted by atomic mass is 9.93. The summed E-state index contributed by atoms with van der Waals surface area (Å²) in [5.41, 5.74) is 1.01. The highest BCUT2D eigenvalue weighted by molar-refractivity contribution is 6.30. The van der Waals surface area contributed by atoms with E-state index in [9.17, 15) is 19.5 Å². The van der Waals surface area contributed by atoms with E-state index in [1.165, 1.54) is 17.2 Å². The van der Waals surface area contributed by atoms with Crippen molar-refractivity contribution in [1.29, 1.82) is 0 Å². The van der Waals surface area contributed by atoms with E-state index >= 15 is 0 Å². The van der Waals surface area contributed by atoms with Crippen LogP contribution in [0, 0.1) is 0 Å². The first-order valence-corrected chi connectivity index (χ1v) is 7.34. The number of aromatic amines is 1. The molecule has 2 N–H and O–H groups in total. The molecule has 0 radical (unpaired) electrons. The molecule has 0 saturated heterocycles. The quantitative estimate of drug-likeness (QED) is 0.875. The van der Waals surface area contributed by atoms with Crippen LogP contribution in [0.4, 0.5) is 0 Å². The highest BCUT2D eigenvalue weighted by Gasteiger charge is 2.35. The summed E-state index contributed by atoms with van der Waals surface area (Å²) < 4.78 is 0. The van der Waals surface area contributed by atoms with Gasteiger partial charge in [0.15, 0.2) is 0 Å². The fraction of sp³-hybridized carbons (Fsp3) is 0.188. The van der Waals surface area contributed by atoms with Gasteiger partial charge >= 0.3 is 5.97 Å². The van der Waals surface area contributed by atoms with E-state index in [-0.39, 0.29) is 23.6 Å². The van der Waals surface area contributed by atoms with Crippen LogP contribution in [0.25, 0.3) is 0 Å². The summed E-state index contributed by atoms with van der Waals surface area (Å²) in [5.74, 6) is -1.75. The van der Waals surface area contributed by atoms with Gasteiger partial charge in [-0.3, -0.25) is 9.59 Å². The third-order valence-corrected chi connectivity index (χ3v) is 4.11. The molecule has 1 amide bonds. The predicted octanol–water partition coefficient (Wildman–Crippen LogP) is 1.68. The number of rotatable bonds is 2. The van der Waals surface area contributed by atoms with Crippen molar-refractivity contribution in [1.82, 2.24) is 9.88 Å². The minimum atomic E-state index is -1.11. The van der Waals surface area contributed by atoms with E-state index in [0.29, 0.717) is 0 Å². The number of nitrogens with one attached hydrogen (secondary N) is 1. The molecule has 1 aromatic heterocycles. The fourth-order valence-electron chi connectivity index (χ4n) is 2.73. The molecule has 118 valence electrons. The van der Waals surface area contributed by atoms with E-state index in [4.69, 9.17) is 11.6 Å². The average Bonchev–Trinajstić information content (AvgIpc) is 2.55. The molecule has 0 aliphatic carbocycles. The van der Waals surface area contributed by atoms with E-state index < -0.39 is 23.5 Å². The summed E-state index contributed by atoms with van der Waals surface area (Å²) in [6, 6.07) is 7.58. The highest BCUT2D eigenvalue weighted by Crippen LogP contribution is 2.25. The molecule has 1 aliphatic rings. The number of fused-ring (bicyclic) bond motifs is 1. The van der Waals surface area contributed by atoms with Gasteiger partial charge in [-0.05, 0) is 17.2 Å². The van der Waals surface area contributed by atoms with Crippen LogP contribution in [-0.4, -0.2) is 32.9 Å². The van der Waals surface area contributed by atoms with Crippen molar-refractivity contribution in [3.63, 3.8) is 0 Å². The van der Waals surface area contributed by atoms with Crippen LogP contribution in [0.2, 0.25) is 5.02 Å². The van der Waals surface area contributed by atoms with Crippen molar-refractivity contribution in [2.45, 2.75) is 19.0 Å². The van der Waals surface area contributed by atoms with Crippen molar-refractivity contribution >= 4 is 23.5 Å². The summed E-state index contributed by atoms with van der Waals surface area (Å²) >= 11 is 5.82. The van der Waals surface area contributed by atoms with Gasteiger partial charge in [0.1, 0.15) is 11.6 Å². The number of hydrogen-bond donors (Lipinski definition) is 2. The van der Waals surface area contributed by atoms with Gasteiger partial charge in [0, 0.05) is 19.2 Å². The van der Waals surface area contributed by atoms with E-state index in [2.05, 4.69) is 4.98 Å². The lowest BCUT2D eigenvalue weighted by Crippen LogP contribution is -2.49. The summed E-state index contributed by atoms with van der Waals surface area (Å²) in [7, 11) is 0. The molecular weight excluding hydrogens is 320 g/mol. The van der Waals surface area contributed by atoms with Gasteiger partial charge in [0.05, 0.1) is 5.02 Å². The zero-order valence-electron chi connectivity index (χ0n) is 12.0. The Morgan fingerprint density at radius 2 is 1.96 bits per heavy atom. The number of halogens is 1. The summed E-state index contributed by atoms with van der Waals surface area (Å²) in [5, 5.41) is 9.65. The smallest absolute Gasteiger partial charge is 0.326 e. The molecule has 7 heteroatoms. The Hall–Kier alpha value is -2.60. The lowest BCUT2D eigenvalue weighted by molar-refractivity contribution is -0.142. The third-order valence-electron chi connectivity index (χ3n) is 3.89. The number of pyridine rings is 1. The number of H-pyrrole nitrogens is 1. The molecular formula is C16H13ClN2O4. The number of carboxylic acid groups (broad SMARTS) is 1. The Morgan fingerprint density at radius 3 is 2.65 bits per heavy atom. The van der Waals surface area contributed by atoms with Gasteiger partial charge in [0.25, 0.3) is 11.5 Å². The minimum absolute atomic E-state index is 0.137. The molecule has 1 aliphatic heterocycles. The van der Waals surface area contributed by atoms with Gasteiger partial charge in [-0.1, -0.05) is 35.9 Å². The first-order valence-electron chi connectivity index (χ1n) is 6.96. The van der Waals surface area contributed by atoms with Gasteiger partial charge in [0.2, 0.25) is 0 Å². The topological polar surface area (TPSA) is 90.5 Å². The number of amides is 1. The van der Waals surface area contributed by atoms with Crippen molar-refractivity contribution in [3.05, 3.63) is 68.6 Å². The number of benzene rings is 1. The fourth-order valence-corrected chi connectivity index (χ4v) is 2.89. The highest BCUT2D eigenvalue weighted by atomic mass is 35.5. The Labute approximate surface area is 136 Å². The minimum Gasteiger partial charge on any atom is -0.480 e. The van der Waals surface area contributed by atoms with Crippen molar-refractivity contribution in [3.8, 4) is 0 Å². The van der Waals surface area contributed by atoms with Crippen LogP contribution in [0.15, 0.2) is 41.3 Å². The Bertz CT molecular complexity index is 846. The molecule has 2 aromatic rings. The van der Waals surface area contributed by atoms with E-state index in [1.54, 1.807) is 0 Å². The monoisotopic (exact) mass is 332 g/mol. The van der Waals surface area contributed by atoms with Crippen molar-refractivity contribution < 1.29 is 14.7 Å². The molecule has 0 unspecified atom stereocenters. The molecule has 23 heavy (non-hydrogen) atoms. The molecule has 0 bridgehead atoms. The summed E-state index contributed by atoms with van der Waals surface area (Å²) in [4.78, 5) is 39.7. The number of nitrogens with zero attached hydrogens (tertiary/aromatic N) is 1. The molecule has 6 nitrogen and oxygen atoms in total. The lowest BCUT2D eigenvalue weighted by Gasteiger charge is -2.34. The Balaban J connectivity index is 2.03. The molecule has 0 spiro atoms. The number of carboxylic acids is 1. The second kappa shape index (κ2) is 5.89. The van der Waals surface area contributed by atoms with E-state index in [0.717, 1.165) is 11.1 Å².